The van der Waals surface area contributed by atoms with E-state index < -0.39 is 0 Å². The van der Waals surface area contributed by atoms with Crippen molar-refractivity contribution in [2.75, 3.05) is 21.3 Å². The summed E-state index contributed by atoms with van der Waals surface area (Å²) >= 11 is 15.2. The molecule has 0 bridgehead atoms. The predicted molar refractivity (Wildman–Crippen MR) is 93.5 cm³/mol. The molecular formula is C14H13Br2ClO3S. The molecule has 2 aromatic rings. The third-order valence-corrected chi connectivity index (χ3v) is 5.82. The van der Waals surface area contributed by atoms with Crippen LogP contribution in [0.3, 0.4) is 0 Å². The molecule has 114 valence electrons. The van der Waals surface area contributed by atoms with Crippen LogP contribution in [0.2, 0.25) is 0 Å². The van der Waals surface area contributed by atoms with Crippen molar-refractivity contribution in [2.24, 2.45) is 0 Å². The molecule has 0 saturated heterocycles. The highest BCUT2D eigenvalue weighted by Crippen LogP contribution is 2.46. The summed E-state index contributed by atoms with van der Waals surface area (Å²) in [5.41, 5.74) is 1.79. The van der Waals surface area contributed by atoms with Gasteiger partial charge in [0.25, 0.3) is 0 Å². The lowest BCUT2D eigenvalue weighted by molar-refractivity contribution is 0.347. The minimum absolute atomic E-state index is 0.364. The number of thiophene rings is 1. The highest BCUT2D eigenvalue weighted by atomic mass is 79.9. The molecule has 0 saturated carbocycles. The van der Waals surface area contributed by atoms with Crippen LogP contribution in [0.1, 0.15) is 16.5 Å². The maximum Gasteiger partial charge on any atom is 0.164 e. The zero-order valence-electron chi connectivity index (χ0n) is 11.6. The quantitative estimate of drug-likeness (QED) is 0.546. The van der Waals surface area contributed by atoms with E-state index in [1.54, 1.807) is 38.7 Å². The molecule has 0 fully saturated rings. The molecular weight excluding hydrogens is 443 g/mol. The first kappa shape index (κ1) is 16.9. The molecule has 1 aromatic heterocycles. The molecule has 0 aliphatic heterocycles. The molecule has 1 atom stereocenters. The van der Waals surface area contributed by atoms with Gasteiger partial charge in [-0.1, -0.05) is 0 Å². The standard InChI is InChI=1S/C14H13Br2ClO3S/c1-18-9-6-11(20-3)10(19-2)4-7(9)13(17)8-5-12(15)21-14(8)16/h4-6,13H,1-3H3. The van der Waals surface area contributed by atoms with Crippen molar-refractivity contribution in [3.05, 3.63) is 36.9 Å². The fourth-order valence-corrected chi connectivity index (χ4v) is 5.39. The summed E-state index contributed by atoms with van der Waals surface area (Å²) in [6, 6.07) is 5.61. The number of methoxy groups -OCH3 is 3. The van der Waals surface area contributed by atoms with Gasteiger partial charge in [-0.3, -0.25) is 0 Å². The molecule has 0 aliphatic carbocycles. The first-order chi connectivity index (χ1) is 10.0. The minimum atomic E-state index is -0.364. The first-order valence-electron chi connectivity index (χ1n) is 5.90. The Morgan fingerprint density at radius 1 is 0.905 bits per heavy atom. The summed E-state index contributed by atoms with van der Waals surface area (Å²) in [6.07, 6.45) is 0. The largest absolute Gasteiger partial charge is 0.496 e. The van der Waals surface area contributed by atoms with Crippen molar-refractivity contribution >= 4 is 54.8 Å². The second-order valence-electron chi connectivity index (χ2n) is 4.09. The number of hydrogen-bond acceptors (Lipinski definition) is 4. The fourth-order valence-electron chi connectivity index (χ4n) is 1.94. The summed E-state index contributed by atoms with van der Waals surface area (Å²) in [6.45, 7) is 0. The Balaban J connectivity index is 2.53. The van der Waals surface area contributed by atoms with Crippen LogP contribution in [0.5, 0.6) is 17.2 Å². The van der Waals surface area contributed by atoms with Crippen molar-refractivity contribution in [3.63, 3.8) is 0 Å². The molecule has 0 amide bonds. The van der Waals surface area contributed by atoms with Crippen LogP contribution in [0.15, 0.2) is 25.8 Å². The van der Waals surface area contributed by atoms with Crippen LogP contribution in [-0.2, 0) is 0 Å². The normalized spacial score (nSPS) is 12.1. The maximum atomic E-state index is 6.64. The lowest BCUT2D eigenvalue weighted by Crippen LogP contribution is -2.00. The third-order valence-electron chi connectivity index (χ3n) is 2.97. The number of halogens is 3. The zero-order valence-corrected chi connectivity index (χ0v) is 16.3. The molecule has 3 nitrogen and oxygen atoms in total. The average molecular weight is 457 g/mol. The smallest absolute Gasteiger partial charge is 0.164 e. The van der Waals surface area contributed by atoms with E-state index in [9.17, 15) is 0 Å². The summed E-state index contributed by atoms with van der Waals surface area (Å²) in [7, 11) is 4.78. The van der Waals surface area contributed by atoms with E-state index in [0.29, 0.717) is 17.2 Å². The number of ether oxygens (including phenoxy) is 3. The van der Waals surface area contributed by atoms with E-state index in [-0.39, 0.29) is 5.38 Å². The molecule has 7 heteroatoms. The second kappa shape index (κ2) is 7.22. The molecule has 0 radical (unpaired) electrons. The summed E-state index contributed by atoms with van der Waals surface area (Å²) in [4.78, 5) is 0. The Morgan fingerprint density at radius 2 is 1.48 bits per heavy atom. The highest BCUT2D eigenvalue weighted by Gasteiger charge is 2.23. The molecule has 0 aliphatic rings. The van der Waals surface area contributed by atoms with Crippen molar-refractivity contribution in [1.82, 2.24) is 0 Å². The van der Waals surface area contributed by atoms with Gasteiger partial charge >= 0.3 is 0 Å². The number of rotatable bonds is 5. The zero-order chi connectivity index (χ0) is 15.6. The van der Waals surface area contributed by atoms with Gasteiger partial charge in [-0.15, -0.1) is 22.9 Å². The van der Waals surface area contributed by atoms with Gasteiger partial charge in [-0.2, -0.15) is 0 Å². The van der Waals surface area contributed by atoms with E-state index in [1.165, 1.54) is 0 Å². The molecule has 2 rings (SSSR count). The average Bonchev–Trinajstić information content (AvgIpc) is 2.83. The van der Waals surface area contributed by atoms with E-state index in [1.807, 2.05) is 12.1 Å². The summed E-state index contributed by atoms with van der Waals surface area (Å²) < 4.78 is 18.0. The van der Waals surface area contributed by atoms with Gasteiger partial charge in [-0.05, 0) is 44.0 Å². The molecule has 1 heterocycles. The minimum Gasteiger partial charge on any atom is -0.496 e. The summed E-state index contributed by atoms with van der Waals surface area (Å²) in [5.74, 6) is 1.87. The van der Waals surface area contributed by atoms with E-state index >= 15 is 0 Å². The van der Waals surface area contributed by atoms with Gasteiger partial charge in [0.05, 0.1) is 34.3 Å². The topological polar surface area (TPSA) is 27.7 Å². The third kappa shape index (κ3) is 3.50. The molecule has 21 heavy (non-hydrogen) atoms. The van der Waals surface area contributed by atoms with Crippen LogP contribution in [0.25, 0.3) is 0 Å². The maximum absolute atomic E-state index is 6.64. The van der Waals surface area contributed by atoms with E-state index in [2.05, 4.69) is 31.9 Å². The van der Waals surface area contributed by atoms with Crippen molar-refractivity contribution in [2.45, 2.75) is 5.38 Å². The van der Waals surface area contributed by atoms with Crippen molar-refractivity contribution < 1.29 is 14.2 Å². The van der Waals surface area contributed by atoms with Gasteiger partial charge in [0.2, 0.25) is 0 Å². The van der Waals surface area contributed by atoms with Gasteiger partial charge in [0.15, 0.2) is 11.5 Å². The van der Waals surface area contributed by atoms with Crippen molar-refractivity contribution in [3.8, 4) is 17.2 Å². The monoisotopic (exact) mass is 454 g/mol. The Bertz CT molecular complexity index is 645. The Kier molecular flexibility index (Phi) is 5.82. The number of alkyl halides is 1. The van der Waals surface area contributed by atoms with Crippen LogP contribution in [0, 0.1) is 0 Å². The predicted octanol–water partition coefficient (Wildman–Crippen LogP) is 5.63. The molecule has 1 unspecified atom stereocenters. The lowest BCUT2D eigenvalue weighted by Gasteiger charge is -2.17. The van der Waals surface area contributed by atoms with Gasteiger partial charge < -0.3 is 14.2 Å². The Hall–Kier alpha value is -0.430. The summed E-state index contributed by atoms with van der Waals surface area (Å²) in [5, 5.41) is -0.364. The van der Waals surface area contributed by atoms with Crippen LogP contribution < -0.4 is 14.2 Å². The van der Waals surface area contributed by atoms with Gasteiger partial charge in [-0.25, -0.2) is 0 Å². The van der Waals surface area contributed by atoms with Crippen LogP contribution in [-0.4, -0.2) is 21.3 Å². The van der Waals surface area contributed by atoms with Crippen molar-refractivity contribution in [1.29, 1.82) is 0 Å². The molecule has 1 aromatic carbocycles. The molecule has 0 N–H and O–H groups in total. The number of benzene rings is 1. The van der Waals surface area contributed by atoms with Crippen LogP contribution >= 0.6 is 54.8 Å². The lowest BCUT2D eigenvalue weighted by atomic mass is 10.0. The Labute approximate surface area is 149 Å². The molecule has 0 spiro atoms. The second-order valence-corrected chi connectivity index (χ2v) is 8.28. The first-order valence-corrected chi connectivity index (χ1v) is 8.74. The fraction of sp³-hybridized carbons (Fsp3) is 0.286. The van der Waals surface area contributed by atoms with E-state index in [0.717, 1.165) is 18.7 Å². The van der Waals surface area contributed by atoms with Gasteiger partial charge in [0, 0.05) is 17.2 Å². The van der Waals surface area contributed by atoms with E-state index in [4.69, 9.17) is 25.8 Å². The highest BCUT2D eigenvalue weighted by molar-refractivity contribution is 9.12. The SMILES string of the molecule is COc1cc(OC)c(C(Cl)c2cc(Br)sc2Br)cc1OC. The Morgan fingerprint density at radius 3 is 1.95 bits per heavy atom. The van der Waals surface area contributed by atoms with Crippen LogP contribution in [0.4, 0.5) is 0 Å². The number of hydrogen-bond donors (Lipinski definition) is 0. The van der Waals surface area contributed by atoms with Gasteiger partial charge in [0.1, 0.15) is 5.75 Å².